The van der Waals surface area contributed by atoms with Crippen LogP contribution in [0.4, 0.5) is 23.7 Å². The quantitative estimate of drug-likeness (QED) is 0.589. The molecule has 0 radical (unpaired) electrons. The maximum Gasteiger partial charge on any atom is 0.491 e. The molecular weight excluding hydrogens is 509 g/mol. The van der Waals surface area contributed by atoms with E-state index in [1.807, 2.05) is 0 Å². The molecule has 3 heterocycles. The summed E-state index contributed by atoms with van der Waals surface area (Å²) in [5.74, 6) is -1.58. The van der Waals surface area contributed by atoms with E-state index in [1.165, 1.54) is 17.0 Å². The lowest BCUT2D eigenvalue weighted by Gasteiger charge is -2.31. The van der Waals surface area contributed by atoms with Crippen molar-refractivity contribution in [1.29, 1.82) is 0 Å². The number of nitrogens with zero attached hydrogens (tertiary/aromatic N) is 3. The molecule has 10 nitrogen and oxygen atoms in total. The Kier molecular flexibility index (Phi) is 7.13. The molecule has 2 atom stereocenters. The Bertz CT molecular complexity index is 1190. The fourth-order valence-corrected chi connectivity index (χ4v) is 4.63. The highest BCUT2D eigenvalue weighted by Crippen LogP contribution is 2.34. The van der Waals surface area contributed by atoms with Gasteiger partial charge in [0.15, 0.2) is 0 Å². The molecular formula is C25H25F3N4O6. The van der Waals surface area contributed by atoms with Crippen molar-refractivity contribution in [3.63, 3.8) is 0 Å². The number of piperazine rings is 1. The van der Waals surface area contributed by atoms with Crippen LogP contribution < -0.4 is 15.0 Å². The summed E-state index contributed by atoms with van der Waals surface area (Å²) in [6.45, 7) is 3.01. The predicted molar refractivity (Wildman–Crippen MR) is 127 cm³/mol. The van der Waals surface area contributed by atoms with Crippen LogP contribution in [0.1, 0.15) is 10.4 Å². The second-order valence-corrected chi connectivity index (χ2v) is 8.94. The van der Waals surface area contributed by atoms with Gasteiger partial charge in [0.2, 0.25) is 6.23 Å². The highest BCUT2D eigenvalue weighted by atomic mass is 19.4. The Morgan fingerprint density at radius 1 is 0.947 bits per heavy atom. The Morgan fingerprint density at radius 2 is 1.58 bits per heavy atom. The van der Waals surface area contributed by atoms with Gasteiger partial charge >= 0.3 is 18.2 Å². The third kappa shape index (κ3) is 5.24. The Balaban J connectivity index is 1.29. The third-order valence-corrected chi connectivity index (χ3v) is 6.53. The number of hydrogen-bond acceptors (Lipinski definition) is 7. The number of alkyl halides is 3. The van der Waals surface area contributed by atoms with Gasteiger partial charge in [0.25, 0.3) is 5.91 Å². The summed E-state index contributed by atoms with van der Waals surface area (Å²) in [7, 11) is 0. The number of rotatable bonds is 5. The van der Waals surface area contributed by atoms with Crippen molar-refractivity contribution in [2.75, 3.05) is 50.8 Å². The first-order chi connectivity index (χ1) is 18.2. The molecule has 0 saturated carbocycles. The Hall–Kier alpha value is -3.84. The van der Waals surface area contributed by atoms with Gasteiger partial charge in [-0.2, -0.15) is 13.2 Å². The molecule has 3 amide bonds. The van der Waals surface area contributed by atoms with E-state index in [-0.39, 0.29) is 24.7 Å². The Morgan fingerprint density at radius 3 is 2.21 bits per heavy atom. The van der Waals surface area contributed by atoms with E-state index >= 15 is 0 Å². The van der Waals surface area contributed by atoms with Crippen LogP contribution in [0.2, 0.25) is 0 Å². The number of esters is 1. The summed E-state index contributed by atoms with van der Waals surface area (Å²) in [6.07, 6.45) is -6.64. The zero-order valence-corrected chi connectivity index (χ0v) is 20.1. The second kappa shape index (κ2) is 10.5. The molecule has 2 aromatic carbocycles. The lowest BCUT2D eigenvalue weighted by atomic mass is 10.2. The van der Waals surface area contributed by atoms with Gasteiger partial charge in [0.05, 0.1) is 13.2 Å². The topological polar surface area (TPSA) is 101 Å². The van der Waals surface area contributed by atoms with Gasteiger partial charge in [-0.25, -0.2) is 9.59 Å². The van der Waals surface area contributed by atoms with Gasteiger partial charge in [-0.15, -0.1) is 0 Å². The zero-order chi connectivity index (χ0) is 26.9. The molecule has 3 aliphatic heterocycles. The minimum atomic E-state index is -5.19. The van der Waals surface area contributed by atoms with Crippen LogP contribution in [-0.2, 0) is 14.3 Å². The molecule has 38 heavy (non-hydrogen) atoms. The minimum absolute atomic E-state index is 0.0910. The van der Waals surface area contributed by atoms with Crippen LogP contribution in [0.3, 0.4) is 0 Å². The molecule has 0 aromatic heterocycles. The molecule has 1 unspecified atom stereocenters. The average Bonchev–Trinajstić information content (AvgIpc) is 3.20. The molecule has 1 N–H and O–H groups in total. The number of anilines is 1. The zero-order valence-electron chi connectivity index (χ0n) is 20.1. The summed E-state index contributed by atoms with van der Waals surface area (Å²) in [4.78, 5) is 41.4. The highest BCUT2D eigenvalue weighted by molar-refractivity contribution is 5.96. The maximum absolute atomic E-state index is 13.0. The molecule has 3 aliphatic rings. The molecule has 0 spiro atoms. The molecule has 0 aliphatic carbocycles. The minimum Gasteiger partial charge on any atom is -0.457 e. The van der Waals surface area contributed by atoms with E-state index in [4.69, 9.17) is 14.2 Å². The summed E-state index contributed by atoms with van der Waals surface area (Å²) < 4.78 is 54.7. The largest absolute Gasteiger partial charge is 0.491 e. The SMILES string of the molecule is O=C(c1ccc(Oc2ccc(N3C(=O)N4CCNC[C@H]4C3OC(=O)C(F)(F)F)cc2)cc1)N1CCOCC1. The van der Waals surface area contributed by atoms with Crippen molar-refractivity contribution >= 4 is 23.6 Å². The standard InChI is InChI=1S/C25H25F3N4O6/c26-25(27,28)23(34)38-22-20-15-29-9-10-31(20)24(35)32(22)17-3-7-19(8-4-17)37-18-5-1-16(2-6-18)21(33)30-11-13-36-14-12-30/h1-8,20,22,29H,9-15H2/t20-,22?/m0/s1. The van der Waals surface area contributed by atoms with Crippen LogP contribution in [0.15, 0.2) is 48.5 Å². The lowest BCUT2D eigenvalue weighted by molar-refractivity contribution is -0.205. The normalized spacial score (nSPS) is 21.8. The average molecular weight is 534 g/mol. The molecule has 5 rings (SSSR count). The maximum atomic E-state index is 13.0. The van der Waals surface area contributed by atoms with Gasteiger partial charge in [-0.1, -0.05) is 0 Å². The van der Waals surface area contributed by atoms with E-state index in [1.54, 1.807) is 41.3 Å². The number of halogens is 3. The number of amides is 3. The molecule has 202 valence electrons. The second-order valence-electron chi connectivity index (χ2n) is 8.94. The fraction of sp³-hybridized carbons (Fsp3) is 0.400. The van der Waals surface area contributed by atoms with Gasteiger partial charge in [-0.05, 0) is 48.5 Å². The van der Waals surface area contributed by atoms with Crippen molar-refractivity contribution in [3.05, 3.63) is 54.1 Å². The van der Waals surface area contributed by atoms with Crippen molar-refractivity contribution in [1.82, 2.24) is 15.1 Å². The van der Waals surface area contributed by atoms with Crippen LogP contribution in [-0.4, -0.2) is 92.1 Å². The van der Waals surface area contributed by atoms with Crippen LogP contribution in [0, 0.1) is 0 Å². The van der Waals surface area contributed by atoms with Crippen molar-refractivity contribution in [2.45, 2.75) is 18.4 Å². The van der Waals surface area contributed by atoms with E-state index in [9.17, 15) is 27.6 Å². The fourth-order valence-electron chi connectivity index (χ4n) is 4.63. The third-order valence-electron chi connectivity index (χ3n) is 6.53. The smallest absolute Gasteiger partial charge is 0.457 e. The number of benzene rings is 2. The lowest BCUT2D eigenvalue weighted by Crippen LogP contribution is -2.53. The number of ether oxygens (including phenoxy) is 3. The number of fused-ring (bicyclic) bond motifs is 1. The number of urea groups is 1. The van der Waals surface area contributed by atoms with Crippen LogP contribution in [0.25, 0.3) is 0 Å². The number of nitrogens with one attached hydrogen (secondary N) is 1. The van der Waals surface area contributed by atoms with Crippen LogP contribution >= 0.6 is 0 Å². The Labute approximate surface area is 215 Å². The molecule has 3 fully saturated rings. The monoisotopic (exact) mass is 534 g/mol. The first-order valence-corrected chi connectivity index (χ1v) is 12.1. The van der Waals surface area contributed by atoms with Gasteiger partial charge in [0.1, 0.15) is 17.5 Å². The first kappa shape index (κ1) is 25.8. The summed E-state index contributed by atoms with van der Waals surface area (Å²) >= 11 is 0. The molecule has 0 bridgehead atoms. The number of carbonyl (C=O) groups excluding carboxylic acids is 3. The first-order valence-electron chi connectivity index (χ1n) is 12.1. The van der Waals surface area contributed by atoms with Crippen molar-refractivity contribution in [2.24, 2.45) is 0 Å². The summed E-state index contributed by atoms with van der Waals surface area (Å²) in [5, 5.41) is 3.01. The van der Waals surface area contributed by atoms with E-state index in [0.29, 0.717) is 49.9 Å². The highest BCUT2D eigenvalue weighted by Gasteiger charge is 2.52. The van der Waals surface area contributed by atoms with Crippen molar-refractivity contribution in [3.8, 4) is 11.5 Å². The van der Waals surface area contributed by atoms with Gasteiger partial charge < -0.3 is 29.3 Å². The molecule has 3 saturated heterocycles. The van der Waals surface area contributed by atoms with Gasteiger partial charge in [0, 0.05) is 44.0 Å². The van der Waals surface area contributed by atoms with E-state index < -0.39 is 30.4 Å². The number of carbonyl (C=O) groups is 3. The van der Waals surface area contributed by atoms with Crippen molar-refractivity contribution < 1.29 is 41.8 Å². The molecule has 13 heteroatoms. The van der Waals surface area contributed by atoms with E-state index in [2.05, 4.69) is 5.32 Å². The summed E-state index contributed by atoms with van der Waals surface area (Å²) in [5.41, 5.74) is 0.774. The predicted octanol–water partition coefficient (Wildman–Crippen LogP) is 2.60. The number of morpholine rings is 1. The van der Waals surface area contributed by atoms with Crippen LogP contribution in [0.5, 0.6) is 11.5 Å². The van der Waals surface area contributed by atoms with E-state index in [0.717, 1.165) is 4.90 Å². The molecule has 2 aromatic rings. The summed E-state index contributed by atoms with van der Waals surface area (Å²) in [6, 6.07) is 11.4. The van der Waals surface area contributed by atoms with Gasteiger partial charge in [-0.3, -0.25) is 9.69 Å². The number of hydrogen-bond donors (Lipinski definition) is 1.